The van der Waals surface area contributed by atoms with E-state index in [0.29, 0.717) is 36.9 Å². The zero-order valence-electron chi connectivity index (χ0n) is 13.9. The van der Waals surface area contributed by atoms with E-state index in [9.17, 15) is 9.59 Å². The van der Waals surface area contributed by atoms with Gasteiger partial charge in [-0.3, -0.25) is 9.59 Å². The Hall–Kier alpha value is -2.54. The molecule has 2 aromatic rings. The van der Waals surface area contributed by atoms with Gasteiger partial charge in [0.2, 0.25) is 11.8 Å². The van der Waals surface area contributed by atoms with Crippen LogP contribution in [0.5, 0.6) is 11.5 Å². The molecule has 0 bridgehead atoms. The van der Waals surface area contributed by atoms with Crippen molar-refractivity contribution in [1.82, 2.24) is 0 Å². The van der Waals surface area contributed by atoms with Gasteiger partial charge in [-0.15, -0.1) is 0 Å². The SMILES string of the molecule is O=C(Nc1ccccc1Br)[C@H]1CC(=O)N(c2ccc3c(c2)OCCO3)C1. The third-order valence-corrected chi connectivity index (χ3v) is 5.16. The van der Waals surface area contributed by atoms with Crippen LogP contribution in [0.2, 0.25) is 0 Å². The topological polar surface area (TPSA) is 67.9 Å². The Morgan fingerprint density at radius 2 is 1.88 bits per heavy atom. The van der Waals surface area contributed by atoms with Crippen LogP contribution >= 0.6 is 15.9 Å². The van der Waals surface area contributed by atoms with Crippen LogP contribution in [0.25, 0.3) is 0 Å². The molecule has 1 atom stereocenters. The van der Waals surface area contributed by atoms with Crippen LogP contribution in [0.1, 0.15) is 6.42 Å². The van der Waals surface area contributed by atoms with E-state index >= 15 is 0 Å². The zero-order valence-corrected chi connectivity index (χ0v) is 15.5. The van der Waals surface area contributed by atoms with Gasteiger partial charge in [-0.05, 0) is 40.2 Å². The number of para-hydroxylation sites is 1. The van der Waals surface area contributed by atoms with E-state index in [1.807, 2.05) is 30.3 Å². The molecular formula is C19H17BrN2O4. The monoisotopic (exact) mass is 416 g/mol. The first-order valence-corrected chi connectivity index (χ1v) is 9.16. The lowest BCUT2D eigenvalue weighted by Gasteiger charge is -2.22. The smallest absolute Gasteiger partial charge is 0.229 e. The van der Waals surface area contributed by atoms with Gasteiger partial charge in [-0.2, -0.15) is 0 Å². The first-order valence-electron chi connectivity index (χ1n) is 8.37. The van der Waals surface area contributed by atoms with E-state index in [1.54, 1.807) is 17.0 Å². The number of anilines is 2. The molecule has 0 spiro atoms. The third kappa shape index (κ3) is 3.26. The number of nitrogens with zero attached hydrogens (tertiary/aromatic N) is 1. The van der Waals surface area contributed by atoms with E-state index in [1.165, 1.54) is 0 Å². The first-order chi connectivity index (χ1) is 12.6. The lowest BCUT2D eigenvalue weighted by molar-refractivity contribution is -0.122. The number of amides is 2. The highest BCUT2D eigenvalue weighted by Crippen LogP contribution is 2.36. The predicted molar refractivity (Wildman–Crippen MR) is 101 cm³/mol. The summed E-state index contributed by atoms with van der Waals surface area (Å²) >= 11 is 3.41. The van der Waals surface area contributed by atoms with Gasteiger partial charge in [0.05, 0.1) is 11.6 Å². The predicted octanol–water partition coefficient (Wildman–Crippen LogP) is 3.21. The second-order valence-electron chi connectivity index (χ2n) is 6.20. The molecule has 2 aliphatic heterocycles. The van der Waals surface area contributed by atoms with Crippen molar-refractivity contribution < 1.29 is 19.1 Å². The van der Waals surface area contributed by atoms with Gasteiger partial charge in [-0.1, -0.05) is 12.1 Å². The number of hydrogen-bond donors (Lipinski definition) is 1. The summed E-state index contributed by atoms with van der Waals surface area (Å²) in [6.07, 6.45) is 0.185. The van der Waals surface area contributed by atoms with Gasteiger partial charge >= 0.3 is 0 Å². The van der Waals surface area contributed by atoms with E-state index in [-0.39, 0.29) is 18.2 Å². The Morgan fingerprint density at radius 1 is 1.12 bits per heavy atom. The maximum atomic E-state index is 12.6. The summed E-state index contributed by atoms with van der Waals surface area (Å²) in [7, 11) is 0. The summed E-state index contributed by atoms with van der Waals surface area (Å²) in [6.45, 7) is 1.35. The lowest BCUT2D eigenvalue weighted by Crippen LogP contribution is -2.28. The van der Waals surface area contributed by atoms with Crippen molar-refractivity contribution in [2.45, 2.75) is 6.42 Å². The van der Waals surface area contributed by atoms with Crippen molar-refractivity contribution in [1.29, 1.82) is 0 Å². The molecule has 134 valence electrons. The second kappa shape index (κ2) is 6.99. The standard InChI is InChI=1S/C19H17BrN2O4/c20-14-3-1-2-4-15(14)21-19(24)12-9-18(23)22(11-12)13-5-6-16-17(10-13)26-8-7-25-16/h1-6,10,12H,7-9,11H2,(H,21,24)/t12-/m0/s1. The van der Waals surface area contributed by atoms with Crippen molar-refractivity contribution >= 4 is 39.1 Å². The zero-order chi connectivity index (χ0) is 18.1. The number of fused-ring (bicyclic) bond motifs is 1. The molecule has 6 nitrogen and oxygen atoms in total. The molecule has 2 amide bonds. The minimum absolute atomic E-state index is 0.0750. The molecule has 0 radical (unpaired) electrons. The molecule has 2 aromatic carbocycles. The van der Waals surface area contributed by atoms with Crippen LogP contribution < -0.4 is 19.7 Å². The average Bonchev–Trinajstić information content (AvgIpc) is 3.05. The number of halogens is 1. The van der Waals surface area contributed by atoms with E-state index < -0.39 is 5.92 Å². The molecule has 2 heterocycles. The molecule has 1 fully saturated rings. The minimum Gasteiger partial charge on any atom is -0.486 e. The fourth-order valence-electron chi connectivity index (χ4n) is 3.13. The summed E-state index contributed by atoms with van der Waals surface area (Å²) < 4.78 is 11.9. The fraction of sp³-hybridized carbons (Fsp3) is 0.263. The molecule has 0 saturated carbocycles. The highest BCUT2D eigenvalue weighted by molar-refractivity contribution is 9.10. The largest absolute Gasteiger partial charge is 0.486 e. The van der Waals surface area contributed by atoms with Gasteiger partial charge in [0.1, 0.15) is 13.2 Å². The van der Waals surface area contributed by atoms with Gasteiger partial charge in [0, 0.05) is 29.2 Å². The Labute approximate surface area is 159 Å². The van der Waals surface area contributed by atoms with E-state index in [0.717, 1.165) is 10.2 Å². The van der Waals surface area contributed by atoms with Gasteiger partial charge < -0.3 is 19.7 Å². The summed E-state index contributed by atoms with van der Waals surface area (Å²) in [6, 6.07) is 12.8. The number of nitrogens with one attached hydrogen (secondary N) is 1. The molecule has 26 heavy (non-hydrogen) atoms. The van der Waals surface area contributed by atoms with Crippen LogP contribution in [-0.4, -0.2) is 31.6 Å². The summed E-state index contributed by atoms with van der Waals surface area (Å²) in [5.41, 5.74) is 1.41. The molecule has 0 unspecified atom stereocenters. The Kier molecular flexibility index (Phi) is 4.55. The Morgan fingerprint density at radius 3 is 2.69 bits per heavy atom. The lowest BCUT2D eigenvalue weighted by atomic mass is 10.1. The quantitative estimate of drug-likeness (QED) is 0.833. The second-order valence-corrected chi connectivity index (χ2v) is 7.06. The van der Waals surface area contributed by atoms with Crippen molar-refractivity contribution in [3.8, 4) is 11.5 Å². The number of ether oxygens (including phenoxy) is 2. The first kappa shape index (κ1) is 16.9. The molecule has 1 N–H and O–H groups in total. The van der Waals surface area contributed by atoms with Crippen molar-refractivity contribution in [3.05, 3.63) is 46.9 Å². The van der Waals surface area contributed by atoms with Gasteiger partial charge in [-0.25, -0.2) is 0 Å². The maximum absolute atomic E-state index is 12.6. The number of carbonyl (C=O) groups is 2. The highest BCUT2D eigenvalue weighted by atomic mass is 79.9. The van der Waals surface area contributed by atoms with Crippen LogP contribution in [0.3, 0.4) is 0 Å². The minimum atomic E-state index is -0.400. The number of carbonyl (C=O) groups excluding carboxylic acids is 2. The average molecular weight is 417 g/mol. The molecule has 4 rings (SSSR count). The maximum Gasteiger partial charge on any atom is 0.229 e. The molecule has 2 aliphatic rings. The van der Waals surface area contributed by atoms with Crippen molar-refractivity contribution in [2.24, 2.45) is 5.92 Å². The number of hydrogen-bond acceptors (Lipinski definition) is 4. The van der Waals surface area contributed by atoms with Gasteiger partial charge in [0.25, 0.3) is 0 Å². The van der Waals surface area contributed by atoms with E-state index in [4.69, 9.17) is 9.47 Å². The molecule has 0 aromatic heterocycles. The normalized spacial score (nSPS) is 18.7. The summed E-state index contributed by atoms with van der Waals surface area (Å²) in [5, 5.41) is 2.89. The Bertz CT molecular complexity index is 870. The molecule has 7 heteroatoms. The number of benzene rings is 2. The summed E-state index contributed by atoms with van der Waals surface area (Å²) in [5.74, 6) is 0.666. The van der Waals surface area contributed by atoms with Gasteiger partial charge in [0.15, 0.2) is 11.5 Å². The highest BCUT2D eigenvalue weighted by Gasteiger charge is 2.35. The molecule has 1 saturated heterocycles. The Balaban J connectivity index is 1.48. The van der Waals surface area contributed by atoms with Crippen molar-refractivity contribution in [2.75, 3.05) is 30.0 Å². The van der Waals surface area contributed by atoms with E-state index in [2.05, 4.69) is 21.2 Å². The van der Waals surface area contributed by atoms with Crippen LogP contribution in [0, 0.1) is 5.92 Å². The van der Waals surface area contributed by atoms with Crippen LogP contribution in [-0.2, 0) is 9.59 Å². The fourth-order valence-corrected chi connectivity index (χ4v) is 3.51. The molecular weight excluding hydrogens is 400 g/mol. The van der Waals surface area contributed by atoms with Crippen LogP contribution in [0.15, 0.2) is 46.9 Å². The summed E-state index contributed by atoms with van der Waals surface area (Å²) in [4.78, 5) is 26.6. The van der Waals surface area contributed by atoms with Crippen molar-refractivity contribution in [3.63, 3.8) is 0 Å². The number of rotatable bonds is 3. The van der Waals surface area contributed by atoms with Crippen LogP contribution in [0.4, 0.5) is 11.4 Å². The third-order valence-electron chi connectivity index (χ3n) is 4.46. The molecule has 0 aliphatic carbocycles.